The Labute approximate surface area is 97.0 Å². The molecule has 1 heterocycles. The van der Waals surface area contributed by atoms with E-state index in [1.165, 1.54) is 19.1 Å². The van der Waals surface area contributed by atoms with Gasteiger partial charge in [0.1, 0.15) is 5.69 Å². The summed E-state index contributed by atoms with van der Waals surface area (Å²) in [4.78, 5) is 14.2. The molecule has 0 aliphatic heterocycles. The first kappa shape index (κ1) is 13.5. The summed E-state index contributed by atoms with van der Waals surface area (Å²) in [6.07, 6.45) is -4.44. The first-order valence-corrected chi connectivity index (χ1v) is 5.09. The highest BCUT2D eigenvalue weighted by Gasteiger charge is 2.32. The van der Waals surface area contributed by atoms with Gasteiger partial charge in [-0.05, 0) is 12.1 Å². The van der Waals surface area contributed by atoms with E-state index in [9.17, 15) is 18.0 Å². The number of carbonyl (C=O) groups is 1. The Morgan fingerprint density at radius 1 is 1.47 bits per heavy atom. The first-order valence-electron chi connectivity index (χ1n) is 5.09. The number of nitrogens with zero attached hydrogens (tertiary/aromatic N) is 1. The molecule has 0 fully saturated rings. The van der Waals surface area contributed by atoms with Gasteiger partial charge in [-0.15, -0.1) is 0 Å². The largest absolute Gasteiger partial charge is 0.433 e. The highest BCUT2D eigenvalue weighted by atomic mass is 19.4. The average Bonchev–Trinajstić information content (AvgIpc) is 2.25. The van der Waals surface area contributed by atoms with Crippen LogP contribution in [-0.2, 0) is 11.0 Å². The number of pyridine rings is 1. The minimum absolute atomic E-state index is 0.219. The molecule has 0 aliphatic rings. The zero-order chi connectivity index (χ0) is 13.1. The Hall–Kier alpha value is -1.59. The predicted octanol–water partition coefficient (Wildman–Crippen LogP) is 2.34. The van der Waals surface area contributed by atoms with Crippen LogP contribution >= 0.6 is 0 Å². The lowest BCUT2D eigenvalue weighted by Crippen LogP contribution is -2.25. The zero-order valence-corrected chi connectivity index (χ0v) is 9.51. The minimum Gasteiger partial charge on any atom is -0.356 e. The standard InChI is InChI=1S/C11H13F3N2O/c1-7(6-15-8(2)17)9-4-3-5-10(16-9)11(12,13)14/h3-5,7H,6H2,1-2H3,(H,15,17). The van der Waals surface area contributed by atoms with Gasteiger partial charge in [-0.1, -0.05) is 13.0 Å². The molecule has 0 saturated heterocycles. The summed E-state index contributed by atoms with van der Waals surface area (Å²) in [6.45, 7) is 3.33. The third kappa shape index (κ3) is 4.05. The van der Waals surface area contributed by atoms with Crippen LogP contribution in [0.4, 0.5) is 13.2 Å². The smallest absolute Gasteiger partial charge is 0.356 e. The highest BCUT2D eigenvalue weighted by Crippen LogP contribution is 2.28. The van der Waals surface area contributed by atoms with Crippen LogP contribution in [0, 0.1) is 0 Å². The molecule has 3 nitrogen and oxygen atoms in total. The Morgan fingerprint density at radius 2 is 2.12 bits per heavy atom. The van der Waals surface area contributed by atoms with Crippen LogP contribution in [0.1, 0.15) is 31.2 Å². The second-order valence-corrected chi connectivity index (χ2v) is 3.78. The Morgan fingerprint density at radius 3 is 2.65 bits per heavy atom. The lowest BCUT2D eigenvalue weighted by molar-refractivity contribution is -0.141. The first-order chi connectivity index (χ1) is 7.80. The number of amides is 1. The predicted molar refractivity (Wildman–Crippen MR) is 56.3 cm³/mol. The molecule has 1 amide bonds. The van der Waals surface area contributed by atoms with Crippen molar-refractivity contribution < 1.29 is 18.0 Å². The second kappa shape index (κ2) is 5.16. The van der Waals surface area contributed by atoms with Crippen molar-refractivity contribution in [3.63, 3.8) is 0 Å². The van der Waals surface area contributed by atoms with E-state index in [1.807, 2.05) is 0 Å². The van der Waals surface area contributed by atoms with Crippen LogP contribution in [0.2, 0.25) is 0 Å². The van der Waals surface area contributed by atoms with Crippen LogP contribution in [-0.4, -0.2) is 17.4 Å². The summed E-state index contributed by atoms with van der Waals surface area (Å²) in [5.41, 5.74) is -0.599. The molecular weight excluding hydrogens is 233 g/mol. The van der Waals surface area contributed by atoms with E-state index in [0.717, 1.165) is 6.07 Å². The van der Waals surface area contributed by atoms with Crippen LogP contribution in [0.15, 0.2) is 18.2 Å². The number of nitrogens with one attached hydrogen (secondary N) is 1. The van der Waals surface area contributed by atoms with Gasteiger partial charge in [-0.25, -0.2) is 4.98 Å². The maximum Gasteiger partial charge on any atom is 0.433 e. The number of aromatic nitrogens is 1. The molecule has 94 valence electrons. The van der Waals surface area contributed by atoms with E-state index >= 15 is 0 Å². The molecule has 0 aromatic carbocycles. The van der Waals surface area contributed by atoms with Crippen molar-refractivity contribution in [2.24, 2.45) is 0 Å². The number of carbonyl (C=O) groups excluding carboxylic acids is 1. The number of hydrogen-bond donors (Lipinski definition) is 1. The molecule has 1 unspecified atom stereocenters. The summed E-state index contributed by atoms with van der Waals surface area (Å²) < 4.78 is 37.2. The zero-order valence-electron chi connectivity index (χ0n) is 9.51. The summed E-state index contributed by atoms with van der Waals surface area (Å²) in [6, 6.07) is 3.76. The minimum atomic E-state index is -4.44. The van der Waals surface area contributed by atoms with Crippen LogP contribution in [0.25, 0.3) is 0 Å². The summed E-state index contributed by atoms with van der Waals surface area (Å²) >= 11 is 0. The van der Waals surface area contributed by atoms with Gasteiger partial charge >= 0.3 is 6.18 Å². The lowest BCUT2D eigenvalue weighted by atomic mass is 10.1. The fourth-order valence-corrected chi connectivity index (χ4v) is 1.29. The van der Waals surface area contributed by atoms with Gasteiger partial charge in [-0.3, -0.25) is 4.79 Å². The van der Waals surface area contributed by atoms with Gasteiger partial charge in [0, 0.05) is 25.1 Å². The highest BCUT2D eigenvalue weighted by molar-refractivity contribution is 5.72. The molecule has 1 aromatic rings. The summed E-state index contributed by atoms with van der Waals surface area (Å²) in [7, 11) is 0. The molecule has 1 N–H and O–H groups in total. The van der Waals surface area contributed by atoms with Crippen LogP contribution < -0.4 is 5.32 Å². The van der Waals surface area contributed by atoms with Crippen LogP contribution in [0.3, 0.4) is 0 Å². The Bertz CT molecular complexity index is 404. The van der Waals surface area contributed by atoms with Gasteiger partial charge in [0.15, 0.2) is 0 Å². The third-order valence-electron chi connectivity index (χ3n) is 2.22. The van der Waals surface area contributed by atoms with Crippen molar-refractivity contribution in [1.29, 1.82) is 0 Å². The monoisotopic (exact) mass is 246 g/mol. The lowest BCUT2D eigenvalue weighted by Gasteiger charge is -2.13. The molecule has 0 spiro atoms. The van der Waals surface area contributed by atoms with Crippen molar-refractivity contribution in [2.45, 2.75) is 25.9 Å². The molecule has 1 aromatic heterocycles. The third-order valence-corrected chi connectivity index (χ3v) is 2.22. The van der Waals surface area contributed by atoms with E-state index < -0.39 is 11.9 Å². The van der Waals surface area contributed by atoms with Gasteiger partial charge in [0.05, 0.1) is 0 Å². The van der Waals surface area contributed by atoms with Gasteiger partial charge in [-0.2, -0.15) is 13.2 Å². The van der Waals surface area contributed by atoms with E-state index in [0.29, 0.717) is 5.69 Å². The number of alkyl halides is 3. The molecule has 0 bridgehead atoms. The molecule has 1 rings (SSSR count). The van der Waals surface area contributed by atoms with Gasteiger partial charge < -0.3 is 5.32 Å². The Kier molecular flexibility index (Phi) is 4.09. The topological polar surface area (TPSA) is 42.0 Å². The van der Waals surface area contributed by atoms with E-state index in [1.54, 1.807) is 6.92 Å². The molecule has 0 saturated carbocycles. The SMILES string of the molecule is CC(=O)NCC(C)c1cccc(C(F)(F)F)n1. The van der Waals surface area contributed by atoms with E-state index in [-0.39, 0.29) is 18.4 Å². The summed E-state index contributed by atoms with van der Waals surface area (Å²) in [5, 5.41) is 2.54. The fraction of sp³-hybridized carbons (Fsp3) is 0.455. The van der Waals surface area contributed by atoms with Gasteiger partial charge in [0.2, 0.25) is 5.91 Å². The molecule has 0 aliphatic carbocycles. The normalized spacial score (nSPS) is 13.2. The van der Waals surface area contributed by atoms with Crippen molar-refractivity contribution in [3.8, 4) is 0 Å². The maximum absolute atomic E-state index is 12.4. The number of halogens is 3. The van der Waals surface area contributed by atoms with Crippen molar-refractivity contribution in [2.75, 3.05) is 6.54 Å². The summed E-state index contributed by atoms with van der Waals surface area (Å²) in [5.74, 6) is -0.481. The quantitative estimate of drug-likeness (QED) is 0.889. The van der Waals surface area contributed by atoms with E-state index in [4.69, 9.17) is 0 Å². The average molecular weight is 246 g/mol. The number of hydrogen-bond acceptors (Lipinski definition) is 2. The molecule has 6 heteroatoms. The van der Waals surface area contributed by atoms with Crippen molar-refractivity contribution in [1.82, 2.24) is 10.3 Å². The second-order valence-electron chi connectivity index (χ2n) is 3.78. The Balaban J connectivity index is 2.81. The fourth-order valence-electron chi connectivity index (χ4n) is 1.29. The van der Waals surface area contributed by atoms with Crippen molar-refractivity contribution >= 4 is 5.91 Å². The molecule has 17 heavy (non-hydrogen) atoms. The molecule has 0 radical (unpaired) electrons. The van der Waals surface area contributed by atoms with Crippen molar-refractivity contribution in [3.05, 3.63) is 29.6 Å². The van der Waals surface area contributed by atoms with Crippen LogP contribution in [0.5, 0.6) is 0 Å². The maximum atomic E-state index is 12.4. The molecular formula is C11H13F3N2O. The van der Waals surface area contributed by atoms with E-state index in [2.05, 4.69) is 10.3 Å². The van der Waals surface area contributed by atoms with Gasteiger partial charge in [0.25, 0.3) is 0 Å². The number of rotatable bonds is 3. The molecule has 1 atom stereocenters.